The third-order valence-electron chi connectivity index (χ3n) is 9.10. The average Bonchev–Trinajstić information content (AvgIpc) is 3.72. The number of ether oxygens (including phenoxy) is 3. The number of carboxylic acid groups (broad SMARTS) is 1. The zero-order valence-corrected chi connectivity index (χ0v) is 27.7. The molecule has 2 aromatic heterocycles. The highest BCUT2D eigenvalue weighted by Crippen LogP contribution is 2.42. The first kappa shape index (κ1) is 32.7. The summed E-state index contributed by atoms with van der Waals surface area (Å²) in [7, 11) is 3.40. The molecular formula is C34H39N7O7. The molecule has 2 aliphatic rings. The molecule has 14 nitrogen and oxygen atoms in total. The van der Waals surface area contributed by atoms with E-state index in [1.54, 1.807) is 67.1 Å². The fourth-order valence-corrected chi connectivity index (χ4v) is 6.13. The Labute approximate surface area is 277 Å². The lowest BCUT2D eigenvalue weighted by molar-refractivity contribution is -0.147. The molecule has 2 aliphatic heterocycles. The minimum absolute atomic E-state index is 0.0504. The Balaban J connectivity index is 1.14. The lowest BCUT2D eigenvalue weighted by Crippen LogP contribution is -2.52. The van der Waals surface area contributed by atoms with Gasteiger partial charge in [0.15, 0.2) is 5.78 Å². The van der Waals surface area contributed by atoms with Crippen LogP contribution in [-0.4, -0.2) is 90.1 Å². The number of carbonyl (C=O) groups excluding carboxylic acids is 2. The van der Waals surface area contributed by atoms with E-state index >= 15 is 0 Å². The van der Waals surface area contributed by atoms with E-state index in [2.05, 4.69) is 20.5 Å². The maximum atomic E-state index is 13.7. The zero-order chi connectivity index (χ0) is 34.2. The van der Waals surface area contributed by atoms with Gasteiger partial charge < -0.3 is 24.2 Å². The van der Waals surface area contributed by atoms with E-state index in [1.807, 2.05) is 20.2 Å². The Morgan fingerprint density at radius 2 is 1.85 bits per heavy atom. The smallest absolute Gasteiger partial charge is 0.309 e. The summed E-state index contributed by atoms with van der Waals surface area (Å²) >= 11 is 0. The number of aryl methyl sites for hydroxylation is 2. The molecule has 48 heavy (non-hydrogen) atoms. The van der Waals surface area contributed by atoms with Crippen molar-refractivity contribution in [3.8, 4) is 39.8 Å². The summed E-state index contributed by atoms with van der Waals surface area (Å²) in [6.07, 6.45) is 5.12. The van der Waals surface area contributed by atoms with Crippen molar-refractivity contribution in [3.63, 3.8) is 0 Å². The number of rotatable bonds is 10. The first-order chi connectivity index (χ1) is 22.9. The van der Waals surface area contributed by atoms with Crippen molar-refractivity contribution in [1.29, 1.82) is 0 Å². The molecule has 0 saturated carbocycles. The Morgan fingerprint density at radius 3 is 2.52 bits per heavy atom. The molecule has 1 N–H and O–H groups in total. The molecule has 0 unspecified atom stereocenters. The summed E-state index contributed by atoms with van der Waals surface area (Å²) in [6.45, 7) is 6.73. The SMILES string of the molecule is CCOc1cc(C(=O)N2CCC3(CC2)CC(=O)c2cc(-c4nnn(CCC(C)(C)C(=O)O)n4)ccc2O3)cc(OC)c1-c1cnn(C)c1. The number of benzene rings is 2. The summed E-state index contributed by atoms with van der Waals surface area (Å²) in [4.78, 5) is 41.8. The van der Waals surface area contributed by atoms with Gasteiger partial charge >= 0.3 is 5.97 Å². The van der Waals surface area contributed by atoms with Gasteiger partial charge in [-0.05, 0) is 62.7 Å². The number of piperidine rings is 1. The van der Waals surface area contributed by atoms with Crippen molar-refractivity contribution < 1.29 is 33.7 Å². The number of likely N-dealkylation sites (tertiary alicyclic amines) is 1. The van der Waals surface area contributed by atoms with Crippen molar-refractivity contribution in [2.24, 2.45) is 12.5 Å². The normalized spacial score (nSPS) is 15.6. The average molecular weight is 658 g/mol. The van der Waals surface area contributed by atoms with Crippen molar-refractivity contribution in [2.75, 3.05) is 26.8 Å². The van der Waals surface area contributed by atoms with Crippen LogP contribution < -0.4 is 14.2 Å². The molecule has 0 radical (unpaired) electrons. The van der Waals surface area contributed by atoms with Crippen LogP contribution in [0.15, 0.2) is 42.7 Å². The maximum absolute atomic E-state index is 13.7. The molecule has 14 heteroatoms. The number of carbonyl (C=O) groups is 3. The molecule has 1 saturated heterocycles. The van der Waals surface area contributed by atoms with E-state index in [9.17, 15) is 19.5 Å². The zero-order valence-electron chi connectivity index (χ0n) is 27.7. The molecule has 0 aliphatic carbocycles. The molecule has 4 aromatic rings. The number of hydrogen-bond donors (Lipinski definition) is 1. The Hall–Kier alpha value is -5.27. The highest BCUT2D eigenvalue weighted by Gasteiger charge is 2.44. The third-order valence-corrected chi connectivity index (χ3v) is 9.10. The van der Waals surface area contributed by atoms with Gasteiger partial charge in [-0.3, -0.25) is 19.1 Å². The van der Waals surface area contributed by atoms with E-state index in [-0.39, 0.29) is 18.1 Å². The number of tetrazole rings is 1. The number of Topliss-reactive ketones (excluding diaryl/α,β-unsaturated/α-hetero) is 1. The molecular weight excluding hydrogens is 618 g/mol. The lowest BCUT2D eigenvalue weighted by atomic mass is 9.82. The number of fused-ring (bicyclic) bond motifs is 1. The number of amides is 1. The first-order valence-corrected chi connectivity index (χ1v) is 15.9. The van der Waals surface area contributed by atoms with Gasteiger partial charge in [-0.1, -0.05) is 0 Å². The number of nitrogens with zero attached hydrogens (tertiary/aromatic N) is 7. The van der Waals surface area contributed by atoms with Crippen LogP contribution in [0.25, 0.3) is 22.5 Å². The predicted octanol–water partition coefficient (Wildman–Crippen LogP) is 4.29. The molecule has 252 valence electrons. The van der Waals surface area contributed by atoms with Gasteiger partial charge in [0.1, 0.15) is 22.8 Å². The minimum atomic E-state index is -0.921. The Morgan fingerprint density at radius 1 is 1.10 bits per heavy atom. The van der Waals surface area contributed by atoms with Gasteiger partial charge in [0.25, 0.3) is 5.91 Å². The molecule has 6 rings (SSSR count). The third kappa shape index (κ3) is 6.34. The van der Waals surface area contributed by atoms with Crippen LogP contribution >= 0.6 is 0 Å². The molecule has 0 atom stereocenters. The van der Waals surface area contributed by atoms with Crippen LogP contribution in [0.3, 0.4) is 0 Å². The lowest BCUT2D eigenvalue weighted by Gasteiger charge is -2.44. The van der Waals surface area contributed by atoms with Crippen LogP contribution in [0, 0.1) is 5.41 Å². The van der Waals surface area contributed by atoms with Crippen molar-refractivity contribution in [3.05, 3.63) is 53.9 Å². The van der Waals surface area contributed by atoms with Crippen LogP contribution in [0.2, 0.25) is 0 Å². The van der Waals surface area contributed by atoms with Crippen molar-refractivity contribution in [2.45, 2.75) is 58.6 Å². The van der Waals surface area contributed by atoms with E-state index in [0.717, 1.165) is 11.1 Å². The molecule has 4 heterocycles. The summed E-state index contributed by atoms with van der Waals surface area (Å²) in [5.74, 6) is 0.786. The van der Waals surface area contributed by atoms with E-state index in [4.69, 9.17) is 14.2 Å². The largest absolute Gasteiger partial charge is 0.496 e. The topological polar surface area (TPSA) is 164 Å². The predicted molar refractivity (Wildman–Crippen MR) is 173 cm³/mol. The van der Waals surface area contributed by atoms with E-state index in [0.29, 0.717) is 85.3 Å². The van der Waals surface area contributed by atoms with Gasteiger partial charge in [-0.25, -0.2) is 0 Å². The number of aliphatic carboxylic acids is 1. The number of aromatic nitrogens is 6. The Kier molecular flexibility index (Phi) is 8.67. The fraction of sp³-hybridized carbons (Fsp3) is 0.441. The molecule has 2 aromatic carbocycles. The van der Waals surface area contributed by atoms with Crippen LogP contribution in [0.4, 0.5) is 0 Å². The number of methoxy groups -OCH3 is 1. The standard InChI is InChI=1S/C34H39N7O7/c1-6-47-28-17-22(16-27(46-5)29(28)23-19-35-39(4)20-23)31(43)40-12-10-34(11-13-40)18-25(42)24-15-21(7-8-26(24)48-34)30-36-38-41(37-30)14-9-33(2,3)32(44)45/h7-8,15-17,19-20H,6,9-14,18H2,1-5H3,(H,44,45). The quantitative estimate of drug-likeness (QED) is 0.259. The molecule has 0 bridgehead atoms. The summed E-state index contributed by atoms with van der Waals surface area (Å²) in [6, 6.07) is 8.73. The number of carboxylic acids is 1. The molecule has 1 fully saturated rings. The summed E-state index contributed by atoms with van der Waals surface area (Å²) < 4.78 is 19.8. The van der Waals surface area contributed by atoms with Gasteiger partial charge in [-0.2, -0.15) is 9.90 Å². The highest BCUT2D eigenvalue weighted by molar-refractivity contribution is 6.01. The summed E-state index contributed by atoms with van der Waals surface area (Å²) in [5.41, 5.74) is 1.44. The van der Waals surface area contributed by atoms with Crippen LogP contribution in [0.1, 0.15) is 67.2 Å². The second kappa shape index (κ2) is 12.7. The monoisotopic (exact) mass is 657 g/mol. The summed E-state index contributed by atoms with van der Waals surface area (Å²) in [5, 5.41) is 26.2. The molecule has 1 spiro atoms. The van der Waals surface area contributed by atoms with E-state index in [1.165, 1.54) is 4.80 Å². The second-order valence-electron chi connectivity index (χ2n) is 12.9. The Bertz CT molecular complexity index is 1870. The number of hydrogen-bond acceptors (Lipinski definition) is 10. The number of ketones is 1. The minimum Gasteiger partial charge on any atom is -0.496 e. The van der Waals surface area contributed by atoms with Crippen molar-refractivity contribution >= 4 is 17.7 Å². The molecule has 1 amide bonds. The van der Waals surface area contributed by atoms with Gasteiger partial charge in [0.05, 0.1) is 49.4 Å². The van der Waals surface area contributed by atoms with Gasteiger partial charge in [0, 0.05) is 55.9 Å². The fourth-order valence-electron chi connectivity index (χ4n) is 6.13. The van der Waals surface area contributed by atoms with Gasteiger partial charge in [-0.15, -0.1) is 10.2 Å². The second-order valence-corrected chi connectivity index (χ2v) is 12.9. The van der Waals surface area contributed by atoms with Crippen molar-refractivity contribution in [1.82, 2.24) is 34.9 Å². The van der Waals surface area contributed by atoms with Gasteiger partial charge in [0.2, 0.25) is 5.82 Å². The highest BCUT2D eigenvalue weighted by atomic mass is 16.5. The first-order valence-electron chi connectivity index (χ1n) is 15.9. The van der Waals surface area contributed by atoms with E-state index < -0.39 is 17.0 Å². The maximum Gasteiger partial charge on any atom is 0.309 e. The van der Waals surface area contributed by atoms with Crippen LogP contribution in [0.5, 0.6) is 17.2 Å². The van der Waals surface area contributed by atoms with Crippen LogP contribution in [-0.2, 0) is 18.4 Å².